The lowest BCUT2D eigenvalue weighted by Gasteiger charge is -2.39. The van der Waals surface area contributed by atoms with Crippen molar-refractivity contribution in [2.75, 3.05) is 25.2 Å². The quantitative estimate of drug-likeness (QED) is 0.344. The number of hydrogen-bond donors (Lipinski definition) is 2. The van der Waals surface area contributed by atoms with Gasteiger partial charge in [0.05, 0.1) is 37.7 Å². The molecule has 7 atom stereocenters. The molecule has 2 aromatic rings. The minimum Gasteiger partial charge on any atom is -0.497 e. The van der Waals surface area contributed by atoms with E-state index in [1.807, 2.05) is 6.07 Å². The molecule has 0 radical (unpaired) electrons. The Bertz CT molecular complexity index is 1240. The molecule has 2 aromatic carbocycles. The number of anilines is 1. The normalized spacial score (nSPS) is 30.1. The average Bonchev–Trinajstić information content (AvgIpc) is 3.52. The fourth-order valence-electron chi connectivity index (χ4n) is 6.36. The number of ether oxygens (including phenoxy) is 2. The molecular formula is C28H29BrN2O7. The van der Waals surface area contributed by atoms with Crippen LogP contribution in [-0.2, 0) is 19.1 Å². The largest absolute Gasteiger partial charge is 0.497 e. The van der Waals surface area contributed by atoms with Crippen molar-refractivity contribution in [3.63, 3.8) is 0 Å². The van der Waals surface area contributed by atoms with E-state index in [0.717, 1.165) is 0 Å². The number of carboxylic acids is 1. The van der Waals surface area contributed by atoms with Gasteiger partial charge in [0.25, 0.3) is 5.91 Å². The number of hydrogen-bond acceptors (Lipinski definition) is 6. The second-order valence-corrected chi connectivity index (χ2v) is 11.0. The van der Waals surface area contributed by atoms with Gasteiger partial charge in [0.15, 0.2) is 0 Å². The molecule has 3 aliphatic rings. The summed E-state index contributed by atoms with van der Waals surface area (Å²) in [5.41, 5.74) is -0.181. The number of carbonyl (C=O) groups is 3. The SMILES string of the molecule is C=CCN(C(=O)[C@H]1N([C@H](CO)c2ccccc2)C(=O)[C@@H]2[C@@H](C(=O)O)[C@@H]3O[C@@]21CC3Br)c1ccc(OC)cc1. The van der Waals surface area contributed by atoms with Crippen molar-refractivity contribution in [1.82, 2.24) is 4.90 Å². The van der Waals surface area contributed by atoms with E-state index in [2.05, 4.69) is 22.5 Å². The zero-order valence-electron chi connectivity index (χ0n) is 20.8. The number of carboxylic acid groups (broad SMARTS) is 1. The number of benzene rings is 2. The number of likely N-dealkylation sites (tertiary alicyclic amines) is 1. The third-order valence-electron chi connectivity index (χ3n) is 7.90. The molecule has 2 amide bonds. The number of amides is 2. The summed E-state index contributed by atoms with van der Waals surface area (Å²) in [6.45, 7) is 3.49. The van der Waals surface area contributed by atoms with E-state index in [9.17, 15) is 24.6 Å². The number of halogens is 1. The Morgan fingerprint density at radius 2 is 1.95 bits per heavy atom. The summed E-state index contributed by atoms with van der Waals surface area (Å²) < 4.78 is 11.6. The van der Waals surface area contributed by atoms with E-state index < -0.39 is 60.0 Å². The molecule has 3 heterocycles. The van der Waals surface area contributed by atoms with E-state index in [0.29, 0.717) is 17.0 Å². The number of carbonyl (C=O) groups excluding carboxylic acids is 2. The molecule has 5 rings (SSSR count). The molecule has 0 aromatic heterocycles. The van der Waals surface area contributed by atoms with Gasteiger partial charge >= 0.3 is 5.97 Å². The minimum absolute atomic E-state index is 0.142. The van der Waals surface area contributed by atoms with Gasteiger partial charge in [-0.3, -0.25) is 14.4 Å². The van der Waals surface area contributed by atoms with E-state index in [-0.39, 0.29) is 17.8 Å². The van der Waals surface area contributed by atoms with Crippen LogP contribution in [0.4, 0.5) is 5.69 Å². The topological polar surface area (TPSA) is 117 Å². The Morgan fingerprint density at radius 1 is 1.26 bits per heavy atom. The molecule has 0 aliphatic carbocycles. The van der Waals surface area contributed by atoms with Crippen LogP contribution in [-0.4, -0.2) is 75.7 Å². The number of aliphatic hydroxyl groups is 1. The smallest absolute Gasteiger partial charge is 0.310 e. The van der Waals surface area contributed by atoms with Gasteiger partial charge in [-0.15, -0.1) is 6.58 Å². The van der Waals surface area contributed by atoms with Crippen molar-refractivity contribution in [2.24, 2.45) is 11.8 Å². The summed E-state index contributed by atoms with van der Waals surface area (Å²) in [5.74, 6) is -3.66. The number of aliphatic carboxylic acids is 1. The van der Waals surface area contributed by atoms with Gasteiger partial charge in [0.2, 0.25) is 5.91 Å². The van der Waals surface area contributed by atoms with Gasteiger partial charge in [-0.2, -0.15) is 0 Å². The van der Waals surface area contributed by atoms with Crippen molar-refractivity contribution in [3.05, 3.63) is 72.8 Å². The third kappa shape index (κ3) is 3.93. The maximum Gasteiger partial charge on any atom is 0.310 e. The fourth-order valence-corrected chi connectivity index (χ4v) is 7.30. The molecule has 10 heteroatoms. The van der Waals surface area contributed by atoms with Gasteiger partial charge in [-0.25, -0.2) is 0 Å². The zero-order valence-corrected chi connectivity index (χ0v) is 22.4. The summed E-state index contributed by atoms with van der Waals surface area (Å²) in [6.07, 6.45) is 1.11. The van der Waals surface area contributed by atoms with Crippen LogP contribution in [0.2, 0.25) is 0 Å². The third-order valence-corrected chi connectivity index (χ3v) is 8.75. The van der Waals surface area contributed by atoms with Crippen molar-refractivity contribution < 1.29 is 34.1 Å². The molecule has 0 saturated carbocycles. The maximum atomic E-state index is 14.5. The van der Waals surface area contributed by atoms with Crippen LogP contribution in [0, 0.1) is 11.8 Å². The van der Waals surface area contributed by atoms with Crippen molar-refractivity contribution in [1.29, 1.82) is 0 Å². The van der Waals surface area contributed by atoms with Crippen LogP contribution in [0.15, 0.2) is 67.3 Å². The Kier molecular flexibility index (Phi) is 7.06. The average molecular weight is 585 g/mol. The van der Waals surface area contributed by atoms with Gasteiger partial charge in [0, 0.05) is 17.1 Å². The summed E-state index contributed by atoms with van der Waals surface area (Å²) in [7, 11) is 1.55. The monoisotopic (exact) mass is 584 g/mol. The molecule has 38 heavy (non-hydrogen) atoms. The first-order chi connectivity index (χ1) is 18.3. The number of aliphatic hydroxyl groups excluding tert-OH is 1. The van der Waals surface area contributed by atoms with Gasteiger partial charge < -0.3 is 29.5 Å². The molecule has 1 spiro atoms. The highest BCUT2D eigenvalue weighted by molar-refractivity contribution is 9.09. The van der Waals surface area contributed by atoms with Crippen LogP contribution < -0.4 is 9.64 Å². The number of rotatable bonds is 9. The van der Waals surface area contributed by atoms with Crippen molar-refractivity contribution in [2.45, 2.75) is 35.0 Å². The first-order valence-electron chi connectivity index (χ1n) is 12.4. The summed E-state index contributed by atoms with van der Waals surface area (Å²) in [4.78, 5) is 43.6. The number of methoxy groups -OCH3 is 1. The standard InChI is InChI=1S/C28H29BrN2O7/c1-3-13-30(17-9-11-18(37-2)12-10-17)26(34)24-28-14-19(29)23(38-28)21(27(35)36)22(28)25(33)31(24)20(15-32)16-7-5-4-6-8-16/h3-12,19-24,32H,1,13-15H2,2H3,(H,35,36)/t19?,20-,21-,22+,23-,24-,28+/m1/s1. The Morgan fingerprint density at radius 3 is 2.53 bits per heavy atom. The highest BCUT2D eigenvalue weighted by Crippen LogP contribution is 2.61. The highest BCUT2D eigenvalue weighted by Gasteiger charge is 2.77. The maximum absolute atomic E-state index is 14.5. The summed E-state index contributed by atoms with van der Waals surface area (Å²) in [6, 6.07) is 13.8. The minimum atomic E-state index is -1.37. The van der Waals surface area contributed by atoms with E-state index in [1.165, 1.54) is 9.80 Å². The van der Waals surface area contributed by atoms with Crippen LogP contribution in [0.5, 0.6) is 5.75 Å². The fraction of sp³-hybridized carbons (Fsp3) is 0.393. The lowest BCUT2D eigenvalue weighted by Crippen LogP contribution is -2.57. The lowest BCUT2D eigenvalue weighted by molar-refractivity contribution is -0.151. The van der Waals surface area contributed by atoms with Crippen LogP contribution >= 0.6 is 15.9 Å². The highest BCUT2D eigenvalue weighted by atomic mass is 79.9. The lowest BCUT2D eigenvalue weighted by atomic mass is 9.70. The predicted molar refractivity (Wildman–Crippen MR) is 142 cm³/mol. The molecule has 200 valence electrons. The number of alkyl halides is 1. The van der Waals surface area contributed by atoms with E-state index in [4.69, 9.17) is 9.47 Å². The Balaban J connectivity index is 1.65. The predicted octanol–water partition coefficient (Wildman–Crippen LogP) is 2.78. The summed E-state index contributed by atoms with van der Waals surface area (Å²) in [5, 5.41) is 20.6. The molecule has 3 aliphatic heterocycles. The van der Waals surface area contributed by atoms with Gasteiger partial charge in [-0.1, -0.05) is 52.3 Å². The van der Waals surface area contributed by atoms with Gasteiger partial charge in [0.1, 0.15) is 17.4 Å². The van der Waals surface area contributed by atoms with E-state index >= 15 is 0 Å². The second kappa shape index (κ2) is 10.2. The first-order valence-corrected chi connectivity index (χ1v) is 13.3. The van der Waals surface area contributed by atoms with Crippen LogP contribution in [0.3, 0.4) is 0 Å². The van der Waals surface area contributed by atoms with Crippen molar-refractivity contribution in [3.8, 4) is 5.75 Å². The first kappa shape index (κ1) is 26.4. The van der Waals surface area contributed by atoms with E-state index in [1.54, 1.807) is 61.7 Å². The second-order valence-electron chi connectivity index (χ2n) is 9.79. The Labute approximate surface area is 228 Å². The molecule has 9 nitrogen and oxygen atoms in total. The molecule has 2 bridgehead atoms. The molecule has 1 unspecified atom stereocenters. The van der Waals surface area contributed by atoms with Crippen molar-refractivity contribution >= 4 is 39.4 Å². The molecule has 3 saturated heterocycles. The molecule has 2 N–H and O–H groups in total. The summed E-state index contributed by atoms with van der Waals surface area (Å²) >= 11 is 3.56. The number of fused-ring (bicyclic) bond motifs is 1. The van der Waals surface area contributed by atoms with Gasteiger partial charge in [-0.05, 0) is 36.2 Å². The molecule has 3 fully saturated rings. The zero-order chi connectivity index (χ0) is 27.2. The van der Waals surface area contributed by atoms with Crippen LogP contribution in [0.1, 0.15) is 18.0 Å². The van der Waals surface area contributed by atoms with Crippen LogP contribution in [0.25, 0.3) is 0 Å². The number of nitrogens with zero attached hydrogens (tertiary/aromatic N) is 2. The molecular weight excluding hydrogens is 556 g/mol. The Hall–Kier alpha value is -3.21.